The van der Waals surface area contributed by atoms with Crippen LogP contribution in [0.15, 0.2) is 47.5 Å². The van der Waals surface area contributed by atoms with Gasteiger partial charge >= 0.3 is 0 Å². The van der Waals surface area contributed by atoms with Gasteiger partial charge in [0, 0.05) is 12.1 Å². The van der Waals surface area contributed by atoms with Crippen LogP contribution in [-0.4, -0.2) is 39.8 Å². The Morgan fingerprint density at radius 1 is 1.04 bits per heavy atom. The van der Waals surface area contributed by atoms with Gasteiger partial charge < -0.3 is 14.2 Å². The Labute approximate surface area is 151 Å². The van der Waals surface area contributed by atoms with E-state index < -0.39 is 11.7 Å². The molecule has 2 aromatic carbocycles. The fourth-order valence-electron chi connectivity index (χ4n) is 2.25. The van der Waals surface area contributed by atoms with Crippen molar-refractivity contribution < 1.29 is 23.4 Å². The maximum absolute atomic E-state index is 12.9. The van der Waals surface area contributed by atoms with Crippen LogP contribution in [0.1, 0.15) is 15.9 Å². The number of nitrogens with one attached hydrogen (secondary N) is 1. The number of amides is 1. The van der Waals surface area contributed by atoms with Crippen LogP contribution in [0.2, 0.25) is 0 Å². The summed E-state index contributed by atoms with van der Waals surface area (Å²) in [6.07, 6.45) is 0.625. The highest BCUT2D eigenvalue weighted by Gasteiger charge is 2.09. The predicted octanol–water partition coefficient (Wildman–Crippen LogP) is 2.82. The third-order valence-electron chi connectivity index (χ3n) is 3.62. The quantitative estimate of drug-likeness (QED) is 0.635. The normalized spacial score (nSPS) is 11.0. The van der Waals surface area contributed by atoms with Crippen molar-refractivity contribution in [2.24, 2.45) is 4.99 Å². The van der Waals surface area contributed by atoms with Crippen molar-refractivity contribution in [1.29, 1.82) is 0 Å². The molecule has 0 aliphatic rings. The number of amidine groups is 1. The predicted molar refractivity (Wildman–Crippen MR) is 96.4 cm³/mol. The summed E-state index contributed by atoms with van der Waals surface area (Å²) < 4.78 is 28.5. The van der Waals surface area contributed by atoms with Crippen molar-refractivity contribution in [3.63, 3.8) is 0 Å². The smallest absolute Gasteiger partial charge is 0.291 e. The Hall–Kier alpha value is -3.09. The van der Waals surface area contributed by atoms with Crippen molar-refractivity contribution in [3.8, 4) is 11.5 Å². The van der Waals surface area contributed by atoms with Gasteiger partial charge in [0.1, 0.15) is 5.82 Å². The van der Waals surface area contributed by atoms with Gasteiger partial charge in [0.2, 0.25) is 0 Å². The van der Waals surface area contributed by atoms with Crippen molar-refractivity contribution in [2.45, 2.75) is 6.42 Å². The van der Waals surface area contributed by atoms with E-state index in [9.17, 15) is 9.18 Å². The molecule has 0 aliphatic heterocycles. The zero-order valence-electron chi connectivity index (χ0n) is 14.9. The van der Waals surface area contributed by atoms with Crippen LogP contribution >= 0.6 is 0 Å². The largest absolute Gasteiger partial charge is 0.493 e. The molecule has 2 aromatic rings. The minimum absolute atomic E-state index is 0.0970. The number of aliphatic imine (C=N–C) groups is 1. The highest BCUT2D eigenvalue weighted by molar-refractivity contribution is 6.04. The molecule has 6 nitrogen and oxygen atoms in total. The zero-order valence-corrected chi connectivity index (χ0v) is 14.9. The van der Waals surface area contributed by atoms with E-state index in [0.29, 0.717) is 30.0 Å². The van der Waals surface area contributed by atoms with Crippen LogP contribution < -0.4 is 14.8 Å². The van der Waals surface area contributed by atoms with E-state index in [1.54, 1.807) is 14.2 Å². The molecule has 0 fully saturated rings. The van der Waals surface area contributed by atoms with E-state index in [4.69, 9.17) is 14.2 Å². The molecule has 0 saturated heterocycles. The number of nitrogens with zero attached hydrogens (tertiary/aromatic N) is 1. The lowest BCUT2D eigenvalue weighted by Crippen LogP contribution is -2.32. The first-order chi connectivity index (χ1) is 12.6. The Kier molecular flexibility index (Phi) is 6.96. The Morgan fingerprint density at radius 2 is 1.73 bits per heavy atom. The Morgan fingerprint density at radius 3 is 2.35 bits per heavy atom. The average molecular weight is 360 g/mol. The summed E-state index contributed by atoms with van der Waals surface area (Å²) in [6.45, 7) is 0.405. The number of carbonyl (C=O) groups excluding carboxylic acids is 1. The molecule has 0 spiro atoms. The standard InChI is InChI=1S/C19H21FN2O4/c1-24-16-9-4-13(12-17(16)25-2)10-11-21-19(26-3)22-18(23)14-5-7-15(20)8-6-14/h4-9,12H,10-11H2,1-3H3,(H,21,22,23). The summed E-state index contributed by atoms with van der Waals surface area (Å²) in [5.41, 5.74) is 1.32. The molecule has 7 heteroatoms. The molecule has 0 saturated carbocycles. The lowest BCUT2D eigenvalue weighted by molar-refractivity contribution is 0.0968. The van der Waals surface area contributed by atoms with Crippen LogP contribution in [0.3, 0.4) is 0 Å². The average Bonchev–Trinajstić information content (AvgIpc) is 2.67. The molecule has 0 heterocycles. The molecule has 1 N–H and O–H groups in total. The summed E-state index contributed by atoms with van der Waals surface area (Å²) in [5.74, 6) is 0.475. The number of methoxy groups -OCH3 is 3. The van der Waals surface area contributed by atoms with Crippen LogP contribution in [0.4, 0.5) is 4.39 Å². The fraction of sp³-hybridized carbons (Fsp3) is 0.263. The first kappa shape index (κ1) is 19.2. The minimum Gasteiger partial charge on any atom is -0.493 e. The van der Waals surface area contributed by atoms with Crippen molar-refractivity contribution in [1.82, 2.24) is 5.32 Å². The lowest BCUT2D eigenvalue weighted by Gasteiger charge is -2.10. The molecule has 0 atom stereocenters. The van der Waals surface area contributed by atoms with Gasteiger partial charge in [-0.1, -0.05) is 6.07 Å². The molecule has 0 unspecified atom stereocenters. The first-order valence-electron chi connectivity index (χ1n) is 7.93. The molecule has 0 aromatic heterocycles. The summed E-state index contributed by atoms with van der Waals surface area (Å²) in [4.78, 5) is 16.3. The van der Waals surface area contributed by atoms with Crippen LogP contribution in [0.25, 0.3) is 0 Å². The van der Waals surface area contributed by atoms with Gasteiger partial charge in [-0.3, -0.25) is 10.1 Å². The first-order valence-corrected chi connectivity index (χ1v) is 7.93. The molecule has 26 heavy (non-hydrogen) atoms. The fourth-order valence-corrected chi connectivity index (χ4v) is 2.25. The van der Waals surface area contributed by atoms with Gasteiger partial charge in [0.15, 0.2) is 11.5 Å². The molecule has 1 amide bonds. The van der Waals surface area contributed by atoms with Gasteiger partial charge in [0.25, 0.3) is 11.9 Å². The third-order valence-corrected chi connectivity index (χ3v) is 3.62. The number of halogens is 1. The molecule has 0 bridgehead atoms. The number of carbonyl (C=O) groups is 1. The second kappa shape index (κ2) is 9.41. The molecular weight excluding hydrogens is 339 g/mol. The highest BCUT2D eigenvalue weighted by Crippen LogP contribution is 2.27. The SMILES string of the molecule is COC(=NCCc1ccc(OC)c(OC)c1)NC(=O)c1ccc(F)cc1. The monoisotopic (exact) mass is 360 g/mol. The lowest BCUT2D eigenvalue weighted by atomic mass is 10.1. The maximum Gasteiger partial charge on any atom is 0.291 e. The van der Waals surface area contributed by atoms with Gasteiger partial charge in [-0.25, -0.2) is 9.38 Å². The number of hydrogen-bond acceptors (Lipinski definition) is 5. The summed E-state index contributed by atoms with van der Waals surface area (Å²) >= 11 is 0. The zero-order chi connectivity index (χ0) is 18.9. The third kappa shape index (κ3) is 5.20. The molecule has 0 aliphatic carbocycles. The summed E-state index contributed by atoms with van der Waals surface area (Å²) in [7, 11) is 4.57. The minimum atomic E-state index is -0.420. The van der Waals surface area contributed by atoms with E-state index in [0.717, 1.165) is 5.56 Å². The molecular formula is C19H21FN2O4. The second-order valence-electron chi connectivity index (χ2n) is 5.29. The van der Waals surface area contributed by atoms with E-state index in [1.165, 1.54) is 31.4 Å². The Balaban J connectivity index is 1.96. The molecule has 138 valence electrons. The van der Waals surface area contributed by atoms with Crippen LogP contribution in [0.5, 0.6) is 11.5 Å². The Bertz CT molecular complexity index is 776. The number of rotatable bonds is 6. The van der Waals surface area contributed by atoms with Crippen molar-refractivity contribution in [2.75, 3.05) is 27.9 Å². The maximum atomic E-state index is 12.9. The van der Waals surface area contributed by atoms with Gasteiger partial charge in [-0.15, -0.1) is 0 Å². The van der Waals surface area contributed by atoms with Crippen molar-refractivity contribution >= 4 is 11.9 Å². The number of ether oxygens (including phenoxy) is 3. The summed E-state index contributed by atoms with van der Waals surface area (Å²) in [6, 6.07) is 10.9. The van der Waals surface area contributed by atoms with Gasteiger partial charge in [0.05, 0.1) is 21.3 Å². The van der Waals surface area contributed by atoms with Crippen molar-refractivity contribution in [3.05, 3.63) is 59.4 Å². The molecule has 2 rings (SSSR count). The number of hydrogen-bond donors (Lipinski definition) is 1. The van der Waals surface area contributed by atoms with E-state index in [2.05, 4.69) is 10.3 Å². The van der Waals surface area contributed by atoms with Gasteiger partial charge in [-0.05, 0) is 48.4 Å². The topological polar surface area (TPSA) is 69.2 Å². The summed E-state index contributed by atoms with van der Waals surface area (Å²) in [5, 5.41) is 2.55. The van der Waals surface area contributed by atoms with Crippen LogP contribution in [0, 0.1) is 5.82 Å². The van der Waals surface area contributed by atoms with Gasteiger partial charge in [-0.2, -0.15) is 0 Å². The molecule has 0 radical (unpaired) electrons. The van der Waals surface area contributed by atoms with E-state index in [1.807, 2.05) is 18.2 Å². The van der Waals surface area contributed by atoms with E-state index in [-0.39, 0.29) is 6.02 Å². The highest BCUT2D eigenvalue weighted by atomic mass is 19.1. The van der Waals surface area contributed by atoms with E-state index >= 15 is 0 Å². The number of benzene rings is 2. The van der Waals surface area contributed by atoms with Crippen LogP contribution in [-0.2, 0) is 11.2 Å². The second-order valence-corrected chi connectivity index (χ2v) is 5.29.